The molecule has 0 bridgehead atoms. The Labute approximate surface area is 114 Å². The lowest BCUT2D eigenvalue weighted by atomic mass is 10.0. The number of hydrogen-bond donors (Lipinski definition) is 2. The molecule has 2 aromatic rings. The van der Waals surface area contributed by atoms with Crippen LogP contribution in [0, 0.1) is 6.92 Å². The molecule has 1 unspecified atom stereocenters. The summed E-state index contributed by atoms with van der Waals surface area (Å²) in [5.74, 6) is 0. The van der Waals surface area contributed by atoms with E-state index in [9.17, 15) is 0 Å². The van der Waals surface area contributed by atoms with E-state index in [2.05, 4.69) is 42.9 Å². The quantitative estimate of drug-likeness (QED) is 0.886. The van der Waals surface area contributed by atoms with Gasteiger partial charge in [-0.2, -0.15) is 0 Å². The van der Waals surface area contributed by atoms with Gasteiger partial charge < -0.3 is 15.6 Å². The van der Waals surface area contributed by atoms with Crippen LogP contribution in [0.3, 0.4) is 0 Å². The number of aromatic nitrogens is 1. The van der Waals surface area contributed by atoms with Gasteiger partial charge in [-0.05, 0) is 55.5 Å². The van der Waals surface area contributed by atoms with Crippen molar-refractivity contribution in [2.45, 2.75) is 45.8 Å². The van der Waals surface area contributed by atoms with E-state index in [0.717, 1.165) is 25.9 Å². The van der Waals surface area contributed by atoms with Crippen molar-refractivity contribution in [3.8, 4) is 0 Å². The molecule has 3 heteroatoms. The first-order valence-electron chi connectivity index (χ1n) is 7.14. The number of benzene rings is 1. The van der Waals surface area contributed by atoms with Crippen LogP contribution in [0.5, 0.6) is 0 Å². The highest BCUT2D eigenvalue weighted by Gasteiger charge is 2.17. The molecule has 0 amide bonds. The molecule has 0 fully saturated rings. The monoisotopic (exact) mass is 257 g/mol. The van der Waals surface area contributed by atoms with Gasteiger partial charge in [0.2, 0.25) is 0 Å². The van der Waals surface area contributed by atoms with Gasteiger partial charge in [-0.1, -0.05) is 0 Å². The molecule has 3 N–H and O–H groups in total. The summed E-state index contributed by atoms with van der Waals surface area (Å²) < 4.78 is 2.32. The molecule has 1 atom stereocenters. The van der Waals surface area contributed by atoms with E-state index in [-0.39, 0.29) is 6.04 Å². The zero-order chi connectivity index (χ0) is 13.6. The Hall–Kier alpha value is -1.32. The van der Waals surface area contributed by atoms with Crippen LogP contribution in [-0.2, 0) is 26.6 Å². The summed E-state index contributed by atoms with van der Waals surface area (Å²) in [5.41, 5.74) is 13.0. The van der Waals surface area contributed by atoms with Gasteiger partial charge in [0.15, 0.2) is 0 Å². The number of hydrogen-bond acceptors (Lipinski definition) is 2. The number of rotatable bonds is 3. The molecule has 3 rings (SSSR count). The Morgan fingerprint density at radius 3 is 2.68 bits per heavy atom. The second kappa shape index (κ2) is 4.66. The minimum atomic E-state index is 0.269. The molecule has 0 radical (unpaired) electrons. The lowest BCUT2D eigenvalue weighted by Crippen LogP contribution is -2.15. The second-order valence-corrected chi connectivity index (χ2v) is 5.88. The first-order valence-corrected chi connectivity index (χ1v) is 7.14. The number of nitrogens with two attached hydrogens (primary N) is 1. The number of aryl methyl sites for hydroxylation is 2. The van der Waals surface area contributed by atoms with Crippen molar-refractivity contribution < 1.29 is 0 Å². The van der Waals surface area contributed by atoms with Gasteiger partial charge in [-0.25, -0.2) is 0 Å². The molecular weight excluding hydrogens is 234 g/mol. The van der Waals surface area contributed by atoms with Crippen LogP contribution >= 0.6 is 0 Å². The van der Waals surface area contributed by atoms with Gasteiger partial charge in [-0.15, -0.1) is 0 Å². The molecule has 0 saturated carbocycles. The van der Waals surface area contributed by atoms with Crippen molar-refractivity contribution in [1.29, 1.82) is 0 Å². The first kappa shape index (κ1) is 12.7. The maximum Gasteiger partial charge on any atom is 0.0486 e. The van der Waals surface area contributed by atoms with Crippen LogP contribution in [0.25, 0.3) is 10.9 Å². The fourth-order valence-corrected chi connectivity index (χ4v) is 3.12. The molecule has 3 nitrogen and oxygen atoms in total. The summed E-state index contributed by atoms with van der Waals surface area (Å²) in [7, 11) is 2.17. The predicted molar refractivity (Wildman–Crippen MR) is 80.2 cm³/mol. The SMILES string of the molecule is Cc1c(CCC(C)N)c2cc3c(cc2n1C)CNC3. The molecule has 102 valence electrons. The average Bonchev–Trinajstić information content (AvgIpc) is 2.91. The molecule has 2 heterocycles. The molecule has 1 aromatic carbocycles. The van der Waals surface area contributed by atoms with E-state index in [1.165, 1.54) is 33.3 Å². The van der Waals surface area contributed by atoms with Gasteiger partial charge in [-0.3, -0.25) is 0 Å². The smallest absolute Gasteiger partial charge is 0.0486 e. The van der Waals surface area contributed by atoms with Gasteiger partial charge >= 0.3 is 0 Å². The fourth-order valence-electron chi connectivity index (χ4n) is 3.12. The Balaban J connectivity index is 2.12. The third-order valence-corrected chi connectivity index (χ3v) is 4.42. The minimum absolute atomic E-state index is 0.269. The normalized spacial score (nSPS) is 16.0. The van der Waals surface area contributed by atoms with Crippen LogP contribution < -0.4 is 11.1 Å². The summed E-state index contributed by atoms with van der Waals surface area (Å²) >= 11 is 0. The van der Waals surface area contributed by atoms with E-state index in [1.54, 1.807) is 0 Å². The zero-order valence-electron chi connectivity index (χ0n) is 12.1. The van der Waals surface area contributed by atoms with Crippen LogP contribution in [0.1, 0.15) is 35.7 Å². The molecule has 0 aliphatic carbocycles. The van der Waals surface area contributed by atoms with Crippen LogP contribution in [0.15, 0.2) is 12.1 Å². The Kier molecular flexibility index (Phi) is 3.11. The highest BCUT2D eigenvalue weighted by Crippen LogP contribution is 2.30. The van der Waals surface area contributed by atoms with E-state index >= 15 is 0 Å². The summed E-state index contributed by atoms with van der Waals surface area (Å²) in [6, 6.07) is 5.01. The minimum Gasteiger partial charge on any atom is -0.348 e. The number of nitrogens with one attached hydrogen (secondary N) is 1. The molecule has 1 aromatic heterocycles. The number of fused-ring (bicyclic) bond motifs is 2. The van der Waals surface area contributed by atoms with Crippen molar-refractivity contribution in [2.24, 2.45) is 12.8 Å². The zero-order valence-corrected chi connectivity index (χ0v) is 12.1. The Bertz CT molecular complexity index is 623. The summed E-state index contributed by atoms with van der Waals surface area (Å²) in [6.07, 6.45) is 2.13. The molecule has 0 saturated heterocycles. The fraction of sp³-hybridized carbons (Fsp3) is 0.500. The standard InChI is InChI=1S/C16H23N3/c1-10(17)4-5-14-11(2)19(3)16-7-13-9-18-8-12(13)6-15(14)16/h6-7,10,18H,4-5,8-9,17H2,1-3H3. The highest BCUT2D eigenvalue weighted by molar-refractivity contribution is 5.87. The second-order valence-electron chi connectivity index (χ2n) is 5.88. The van der Waals surface area contributed by atoms with Gasteiger partial charge in [0.05, 0.1) is 0 Å². The molecule has 0 spiro atoms. The Morgan fingerprint density at radius 1 is 1.32 bits per heavy atom. The van der Waals surface area contributed by atoms with E-state index in [0.29, 0.717) is 0 Å². The maximum atomic E-state index is 5.91. The van der Waals surface area contributed by atoms with Gasteiger partial charge in [0, 0.05) is 42.8 Å². The van der Waals surface area contributed by atoms with Crippen molar-refractivity contribution in [2.75, 3.05) is 0 Å². The molecule has 19 heavy (non-hydrogen) atoms. The van der Waals surface area contributed by atoms with E-state index < -0.39 is 0 Å². The van der Waals surface area contributed by atoms with Crippen molar-refractivity contribution in [3.05, 3.63) is 34.5 Å². The van der Waals surface area contributed by atoms with Crippen molar-refractivity contribution >= 4 is 10.9 Å². The largest absolute Gasteiger partial charge is 0.348 e. The van der Waals surface area contributed by atoms with E-state index in [4.69, 9.17) is 5.73 Å². The van der Waals surface area contributed by atoms with Crippen LogP contribution in [0.4, 0.5) is 0 Å². The summed E-state index contributed by atoms with van der Waals surface area (Å²) in [5, 5.41) is 4.85. The van der Waals surface area contributed by atoms with Gasteiger partial charge in [0.25, 0.3) is 0 Å². The average molecular weight is 257 g/mol. The molecule has 1 aliphatic heterocycles. The molecule has 1 aliphatic rings. The topological polar surface area (TPSA) is 43.0 Å². The third kappa shape index (κ3) is 2.07. The lowest BCUT2D eigenvalue weighted by molar-refractivity contribution is 0.664. The van der Waals surface area contributed by atoms with Crippen molar-refractivity contribution in [3.63, 3.8) is 0 Å². The van der Waals surface area contributed by atoms with E-state index in [1.807, 2.05) is 0 Å². The predicted octanol–water partition coefficient (Wildman–Crippen LogP) is 2.37. The summed E-state index contributed by atoms with van der Waals surface area (Å²) in [4.78, 5) is 0. The maximum absolute atomic E-state index is 5.91. The highest BCUT2D eigenvalue weighted by atomic mass is 14.9. The summed E-state index contributed by atoms with van der Waals surface area (Å²) in [6.45, 7) is 6.32. The lowest BCUT2D eigenvalue weighted by Gasteiger charge is -2.06. The van der Waals surface area contributed by atoms with Crippen LogP contribution in [-0.4, -0.2) is 10.6 Å². The molecular formula is C16H23N3. The van der Waals surface area contributed by atoms with Gasteiger partial charge in [0.1, 0.15) is 0 Å². The number of nitrogens with zero attached hydrogens (tertiary/aromatic N) is 1. The third-order valence-electron chi connectivity index (χ3n) is 4.42. The Morgan fingerprint density at radius 2 is 2.00 bits per heavy atom. The first-order chi connectivity index (χ1) is 9.08. The van der Waals surface area contributed by atoms with Crippen LogP contribution in [0.2, 0.25) is 0 Å². The van der Waals surface area contributed by atoms with Crippen molar-refractivity contribution in [1.82, 2.24) is 9.88 Å².